The van der Waals surface area contributed by atoms with Gasteiger partial charge in [0.1, 0.15) is 6.17 Å². The molecule has 2 heterocycles. The van der Waals surface area contributed by atoms with Crippen LogP contribution in [0.4, 0.5) is 4.39 Å². The Hall–Kier alpha value is -0.760. The molecule has 0 spiro atoms. The number of hydrogen-bond donors (Lipinski definition) is 3. The van der Waals surface area contributed by atoms with Gasteiger partial charge in [-0.25, -0.2) is 4.39 Å². The maximum Gasteiger partial charge on any atom is 0.241 e. The molecule has 4 N–H and O–H groups in total. The number of ether oxygens (including phenoxy) is 1. The normalized spacial score (nSPS) is 38.4. The number of hydrogen-bond acceptors (Lipinski definition) is 5. The Balaban J connectivity index is 1.59. The zero-order valence-electron chi connectivity index (χ0n) is 15.3. The quantitative estimate of drug-likeness (QED) is 0.651. The molecule has 1 aliphatic carbocycles. The molecule has 3 fully saturated rings. The Bertz CT molecular complexity index is 445. The molecule has 0 aromatic heterocycles. The van der Waals surface area contributed by atoms with Crippen LogP contribution in [0.25, 0.3) is 0 Å². The zero-order chi connectivity index (χ0) is 17.8. The maximum atomic E-state index is 14.1. The van der Waals surface area contributed by atoms with Crippen molar-refractivity contribution in [3.63, 3.8) is 0 Å². The third kappa shape index (κ3) is 4.51. The topological polar surface area (TPSA) is 79.6 Å². The molecule has 3 rings (SSSR count). The maximum absolute atomic E-state index is 14.1. The van der Waals surface area contributed by atoms with Gasteiger partial charge in [0.2, 0.25) is 5.91 Å². The van der Waals surface area contributed by atoms with Gasteiger partial charge in [0.25, 0.3) is 0 Å². The van der Waals surface area contributed by atoms with E-state index in [1.807, 2.05) is 0 Å². The molecular formula is C18H33FN4O2. The van der Waals surface area contributed by atoms with Crippen molar-refractivity contribution in [1.82, 2.24) is 15.5 Å². The highest BCUT2D eigenvalue weighted by atomic mass is 19.1. The van der Waals surface area contributed by atoms with Crippen LogP contribution in [0.15, 0.2) is 0 Å². The van der Waals surface area contributed by atoms with Crippen LogP contribution in [0.1, 0.15) is 44.9 Å². The number of amides is 1. The van der Waals surface area contributed by atoms with Gasteiger partial charge < -0.3 is 15.4 Å². The number of halogens is 1. The number of alkyl halides is 1. The van der Waals surface area contributed by atoms with Crippen LogP contribution >= 0.6 is 0 Å². The summed E-state index contributed by atoms with van der Waals surface area (Å²) in [5.74, 6) is 0.490. The van der Waals surface area contributed by atoms with E-state index in [4.69, 9.17) is 10.5 Å². The summed E-state index contributed by atoms with van der Waals surface area (Å²) in [7, 11) is 1.53. The second-order valence-corrected chi connectivity index (χ2v) is 7.79. The highest BCUT2D eigenvalue weighted by molar-refractivity contribution is 5.82. The van der Waals surface area contributed by atoms with E-state index in [-0.39, 0.29) is 30.7 Å². The molecule has 1 saturated carbocycles. The van der Waals surface area contributed by atoms with Crippen LogP contribution < -0.4 is 16.4 Å². The van der Waals surface area contributed by atoms with Crippen LogP contribution in [0.2, 0.25) is 0 Å². The minimum Gasteiger partial charge on any atom is -0.378 e. The molecule has 5 atom stereocenters. The lowest BCUT2D eigenvalue weighted by atomic mass is 9.88. The van der Waals surface area contributed by atoms with Crippen molar-refractivity contribution in [1.29, 1.82) is 0 Å². The number of carbonyl (C=O) groups is 1. The first kappa shape index (κ1) is 19.0. The molecule has 144 valence electrons. The summed E-state index contributed by atoms with van der Waals surface area (Å²) in [4.78, 5) is 14.5. The molecule has 3 unspecified atom stereocenters. The van der Waals surface area contributed by atoms with Crippen molar-refractivity contribution in [2.75, 3.05) is 26.7 Å². The van der Waals surface area contributed by atoms with Crippen LogP contribution in [0.5, 0.6) is 0 Å². The van der Waals surface area contributed by atoms with Gasteiger partial charge in [-0.05, 0) is 25.2 Å². The summed E-state index contributed by atoms with van der Waals surface area (Å²) >= 11 is 0. The smallest absolute Gasteiger partial charge is 0.241 e. The van der Waals surface area contributed by atoms with Crippen molar-refractivity contribution in [3.8, 4) is 0 Å². The number of rotatable bonds is 3. The van der Waals surface area contributed by atoms with E-state index in [1.165, 1.54) is 45.6 Å². The molecule has 7 heteroatoms. The van der Waals surface area contributed by atoms with Gasteiger partial charge in [-0.15, -0.1) is 0 Å². The number of nitrogens with one attached hydrogen (secondary N) is 2. The average molecular weight is 356 g/mol. The lowest BCUT2D eigenvalue weighted by Gasteiger charge is -2.42. The Morgan fingerprint density at radius 3 is 2.56 bits per heavy atom. The first-order valence-electron chi connectivity index (χ1n) is 9.81. The van der Waals surface area contributed by atoms with Gasteiger partial charge in [-0.3, -0.25) is 15.4 Å². The van der Waals surface area contributed by atoms with Gasteiger partial charge in [-0.2, -0.15) is 0 Å². The van der Waals surface area contributed by atoms with E-state index in [0.29, 0.717) is 25.4 Å². The van der Waals surface area contributed by atoms with E-state index in [2.05, 4.69) is 10.6 Å². The molecule has 2 saturated heterocycles. The van der Waals surface area contributed by atoms with E-state index in [1.54, 1.807) is 4.90 Å². The largest absolute Gasteiger partial charge is 0.378 e. The summed E-state index contributed by atoms with van der Waals surface area (Å²) in [6.07, 6.45) is 6.31. The van der Waals surface area contributed by atoms with Gasteiger partial charge in [0.15, 0.2) is 0 Å². The summed E-state index contributed by atoms with van der Waals surface area (Å²) < 4.78 is 19.3. The van der Waals surface area contributed by atoms with E-state index >= 15 is 0 Å². The third-order valence-corrected chi connectivity index (χ3v) is 6.14. The third-order valence-electron chi connectivity index (χ3n) is 6.14. The van der Waals surface area contributed by atoms with Gasteiger partial charge in [0.05, 0.1) is 24.9 Å². The summed E-state index contributed by atoms with van der Waals surface area (Å²) in [5, 5.41) is 6.81. The predicted octanol–water partition coefficient (Wildman–Crippen LogP) is 0.757. The fourth-order valence-electron chi connectivity index (χ4n) is 4.60. The molecule has 0 aromatic rings. The van der Waals surface area contributed by atoms with E-state index in [0.717, 1.165) is 0 Å². The second kappa shape index (κ2) is 8.75. The summed E-state index contributed by atoms with van der Waals surface area (Å²) in [6.45, 7) is 1.18. The van der Waals surface area contributed by atoms with E-state index in [9.17, 15) is 9.18 Å². The zero-order valence-corrected chi connectivity index (χ0v) is 15.3. The molecule has 3 aliphatic rings. The summed E-state index contributed by atoms with van der Waals surface area (Å²) in [6, 6.07) is -0.210. The summed E-state index contributed by atoms with van der Waals surface area (Å²) in [5.41, 5.74) is 6.28. The number of piperazine rings is 1. The number of carbonyl (C=O) groups excluding carboxylic acids is 1. The van der Waals surface area contributed by atoms with Crippen molar-refractivity contribution < 1.29 is 13.9 Å². The first-order valence-corrected chi connectivity index (χ1v) is 9.81. The van der Waals surface area contributed by atoms with Crippen molar-refractivity contribution in [3.05, 3.63) is 0 Å². The number of likely N-dealkylation sites (tertiary alicyclic amines) is 1. The Morgan fingerprint density at radius 2 is 1.92 bits per heavy atom. The standard InChI is InChI=1S/C18H33FN4O2/c1-25-15-8-9-23(11-13(15)19)18(24)14-10-21-17(20)16(22-14)12-6-4-2-3-5-7-12/h12-17,21-22H,2-11,20H2,1H3/t13-,14?,15+,16?,17?/m1/s1. The average Bonchev–Trinajstić information content (AvgIpc) is 2.91. The van der Waals surface area contributed by atoms with Crippen molar-refractivity contribution in [2.45, 2.75) is 75.5 Å². The Kier molecular flexibility index (Phi) is 6.66. The van der Waals surface area contributed by atoms with Gasteiger partial charge in [-0.1, -0.05) is 25.7 Å². The Morgan fingerprint density at radius 1 is 1.20 bits per heavy atom. The molecule has 6 nitrogen and oxygen atoms in total. The van der Waals surface area contributed by atoms with Crippen molar-refractivity contribution >= 4 is 5.91 Å². The molecule has 25 heavy (non-hydrogen) atoms. The number of nitrogens with two attached hydrogens (primary N) is 1. The van der Waals surface area contributed by atoms with Gasteiger partial charge >= 0.3 is 0 Å². The fourth-order valence-corrected chi connectivity index (χ4v) is 4.60. The minimum atomic E-state index is -1.11. The van der Waals surface area contributed by atoms with Crippen molar-refractivity contribution in [2.24, 2.45) is 11.7 Å². The molecule has 0 radical (unpaired) electrons. The lowest BCUT2D eigenvalue weighted by molar-refractivity contribution is -0.139. The second-order valence-electron chi connectivity index (χ2n) is 7.79. The van der Waals surface area contributed by atoms with Crippen LogP contribution in [0, 0.1) is 5.92 Å². The number of nitrogens with zero attached hydrogens (tertiary/aromatic N) is 1. The molecular weight excluding hydrogens is 323 g/mol. The fraction of sp³-hybridized carbons (Fsp3) is 0.944. The molecule has 1 amide bonds. The molecule has 0 aromatic carbocycles. The van der Waals surface area contributed by atoms with Crippen LogP contribution in [-0.4, -0.2) is 68.1 Å². The van der Waals surface area contributed by atoms with Gasteiger partial charge in [0, 0.05) is 26.2 Å². The monoisotopic (exact) mass is 356 g/mol. The Labute approximate surface area is 150 Å². The van der Waals surface area contributed by atoms with Crippen LogP contribution in [0.3, 0.4) is 0 Å². The molecule has 2 aliphatic heterocycles. The molecule has 0 bridgehead atoms. The highest BCUT2D eigenvalue weighted by Gasteiger charge is 2.39. The SMILES string of the molecule is CO[C@H]1CCN(C(=O)C2CNC(N)C(C3CCCCCC3)N2)C[C@H]1F. The lowest BCUT2D eigenvalue weighted by Crippen LogP contribution is -2.70. The minimum absolute atomic E-state index is 0.0183. The van der Waals surface area contributed by atoms with Crippen LogP contribution in [-0.2, 0) is 9.53 Å². The first-order chi connectivity index (χ1) is 12.1. The predicted molar refractivity (Wildman–Crippen MR) is 94.8 cm³/mol. The number of piperidine rings is 1. The highest BCUT2D eigenvalue weighted by Crippen LogP contribution is 2.27. The number of methoxy groups -OCH3 is 1. The van der Waals surface area contributed by atoms with E-state index < -0.39 is 12.3 Å².